The maximum Gasteiger partial charge on any atom is 0.0832 e. The third kappa shape index (κ3) is 3.05. The van der Waals surface area contributed by atoms with Gasteiger partial charge >= 0.3 is 0 Å². The number of rotatable bonds is 5. The van der Waals surface area contributed by atoms with E-state index in [1.807, 2.05) is 23.0 Å². The Morgan fingerprint density at radius 2 is 2.15 bits per heavy atom. The molecule has 20 heavy (non-hydrogen) atoms. The molecule has 0 spiro atoms. The molecule has 0 amide bonds. The van der Waals surface area contributed by atoms with Gasteiger partial charge < -0.3 is 5.32 Å². The fraction of sp³-hybridized carbons (Fsp3) is 0.438. The van der Waals surface area contributed by atoms with Gasteiger partial charge in [-0.1, -0.05) is 31.5 Å². The van der Waals surface area contributed by atoms with Crippen molar-refractivity contribution in [2.45, 2.75) is 45.2 Å². The summed E-state index contributed by atoms with van der Waals surface area (Å²) in [5.41, 5.74) is 3.33. The second-order valence-corrected chi connectivity index (χ2v) is 6.19. The van der Waals surface area contributed by atoms with E-state index in [2.05, 4.69) is 36.4 Å². The molecule has 106 valence electrons. The molecule has 3 rings (SSSR count). The minimum Gasteiger partial charge on any atom is -0.310 e. The van der Waals surface area contributed by atoms with Crippen molar-refractivity contribution >= 4 is 11.6 Å². The van der Waals surface area contributed by atoms with Gasteiger partial charge in [-0.05, 0) is 36.6 Å². The van der Waals surface area contributed by atoms with E-state index < -0.39 is 0 Å². The second kappa shape index (κ2) is 5.58. The molecule has 1 aromatic carbocycles. The molecule has 0 bridgehead atoms. The Hall–Kier alpha value is -1.32. The highest BCUT2D eigenvalue weighted by molar-refractivity contribution is 6.32. The molecule has 0 radical (unpaired) electrons. The van der Waals surface area contributed by atoms with Gasteiger partial charge in [-0.25, -0.2) is 4.68 Å². The Labute approximate surface area is 124 Å². The summed E-state index contributed by atoms with van der Waals surface area (Å²) in [5, 5.41) is 8.77. The number of aromatic nitrogens is 2. The van der Waals surface area contributed by atoms with E-state index in [1.54, 1.807) is 0 Å². The lowest BCUT2D eigenvalue weighted by molar-refractivity contribution is 0.589. The van der Waals surface area contributed by atoms with Crippen LogP contribution in [0.5, 0.6) is 0 Å². The first-order valence-corrected chi connectivity index (χ1v) is 7.59. The Bertz CT molecular complexity index is 600. The minimum absolute atomic E-state index is 0.473. The highest BCUT2D eigenvalue weighted by Gasteiger charge is 2.26. The van der Waals surface area contributed by atoms with Gasteiger partial charge in [0.05, 0.1) is 16.4 Å². The number of hydrogen-bond donors (Lipinski definition) is 1. The monoisotopic (exact) mass is 289 g/mol. The summed E-state index contributed by atoms with van der Waals surface area (Å²) < 4.78 is 1.88. The van der Waals surface area contributed by atoms with E-state index >= 15 is 0 Å². The zero-order valence-electron chi connectivity index (χ0n) is 11.9. The lowest BCUT2D eigenvalue weighted by Gasteiger charge is -2.10. The smallest absolute Gasteiger partial charge is 0.0832 e. The summed E-state index contributed by atoms with van der Waals surface area (Å²) >= 11 is 6.40. The van der Waals surface area contributed by atoms with Crippen LogP contribution in [-0.4, -0.2) is 15.8 Å². The number of benzene rings is 1. The van der Waals surface area contributed by atoms with Crippen LogP contribution in [0.2, 0.25) is 5.02 Å². The van der Waals surface area contributed by atoms with Gasteiger partial charge in [0.15, 0.2) is 0 Å². The summed E-state index contributed by atoms with van der Waals surface area (Å²) in [6, 6.07) is 8.74. The van der Waals surface area contributed by atoms with Crippen LogP contribution in [0.4, 0.5) is 0 Å². The van der Waals surface area contributed by atoms with Crippen LogP contribution in [0.1, 0.15) is 43.9 Å². The third-order valence-corrected chi connectivity index (χ3v) is 3.88. The molecule has 4 heteroatoms. The molecule has 1 aliphatic carbocycles. The molecule has 1 aliphatic rings. The highest BCUT2D eigenvalue weighted by Crippen LogP contribution is 2.39. The molecule has 1 heterocycles. The second-order valence-electron chi connectivity index (χ2n) is 5.78. The third-order valence-electron chi connectivity index (χ3n) is 3.58. The quantitative estimate of drug-likeness (QED) is 0.905. The predicted molar refractivity (Wildman–Crippen MR) is 82.5 cm³/mol. The number of nitrogens with one attached hydrogen (secondary N) is 1. The molecule has 1 aromatic heterocycles. The molecular weight excluding hydrogens is 270 g/mol. The maximum absolute atomic E-state index is 6.40. The van der Waals surface area contributed by atoms with E-state index in [0.29, 0.717) is 12.0 Å². The molecule has 1 fully saturated rings. The number of halogens is 1. The van der Waals surface area contributed by atoms with Gasteiger partial charge in [-0.15, -0.1) is 0 Å². The van der Waals surface area contributed by atoms with Crippen LogP contribution < -0.4 is 5.32 Å². The van der Waals surface area contributed by atoms with Crippen molar-refractivity contribution in [1.29, 1.82) is 0 Å². The minimum atomic E-state index is 0.473. The van der Waals surface area contributed by atoms with E-state index in [4.69, 9.17) is 11.6 Å². The topological polar surface area (TPSA) is 29.9 Å². The Kier molecular flexibility index (Phi) is 3.81. The van der Waals surface area contributed by atoms with Crippen molar-refractivity contribution in [1.82, 2.24) is 15.1 Å². The van der Waals surface area contributed by atoms with Gasteiger partial charge in [-0.2, -0.15) is 5.10 Å². The van der Waals surface area contributed by atoms with Crippen LogP contribution in [-0.2, 0) is 6.54 Å². The Morgan fingerprint density at radius 3 is 2.80 bits per heavy atom. The Morgan fingerprint density at radius 1 is 1.35 bits per heavy atom. The fourth-order valence-electron chi connectivity index (χ4n) is 2.24. The fourth-order valence-corrected chi connectivity index (χ4v) is 2.53. The summed E-state index contributed by atoms with van der Waals surface area (Å²) in [5.74, 6) is 0.671. The standard InChI is InChI=1S/C16H20ClN3/c1-11(2)18-10-12-3-6-16(14(17)9-12)20-8-7-15(19-20)13-4-5-13/h3,6-9,11,13,18H,4-5,10H2,1-2H3. The average molecular weight is 290 g/mol. The first kappa shape index (κ1) is 13.7. The van der Waals surface area contributed by atoms with Gasteiger partial charge in [-0.3, -0.25) is 0 Å². The van der Waals surface area contributed by atoms with E-state index in [9.17, 15) is 0 Å². The van der Waals surface area contributed by atoms with Crippen LogP contribution in [0.3, 0.4) is 0 Å². The zero-order valence-corrected chi connectivity index (χ0v) is 12.7. The normalized spacial score (nSPS) is 15.0. The van der Waals surface area contributed by atoms with E-state index in [0.717, 1.165) is 17.3 Å². The van der Waals surface area contributed by atoms with Crippen LogP contribution in [0, 0.1) is 0 Å². The molecule has 0 aliphatic heterocycles. The molecular formula is C16H20ClN3. The molecule has 1 N–H and O–H groups in total. The molecule has 0 saturated heterocycles. The van der Waals surface area contributed by atoms with Gasteiger partial charge in [0.1, 0.15) is 0 Å². The van der Waals surface area contributed by atoms with Gasteiger partial charge in [0, 0.05) is 24.7 Å². The van der Waals surface area contributed by atoms with E-state index in [-0.39, 0.29) is 0 Å². The maximum atomic E-state index is 6.40. The largest absolute Gasteiger partial charge is 0.310 e. The first-order chi connectivity index (χ1) is 9.63. The first-order valence-electron chi connectivity index (χ1n) is 7.21. The van der Waals surface area contributed by atoms with Crippen molar-refractivity contribution in [2.75, 3.05) is 0 Å². The van der Waals surface area contributed by atoms with Crippen molar-refractivity contribution in [3.63, 3.8) is 0 Å². The predicted octanol–water partition coefficient (Wildman–Crippen LogP) is 3.90. The number of hydrogen-bond acceptors (Lipinski definition) is 2. The van der Waals surface area contributed by atoms with Crippen LogP contribution >= 0.6 is 11.6 Å². The van der Waals surface area contributed by atoms with E-state index in [1.165, 1.54) is 24.1 Å². The number of nitrogens with zero attached hydrogens (tertiary/aromatic N) is 2. The molecule has 1 saturated carbocycles. The van der Waals surface area contributed by atoms with Crippen molar-refractivity contribution in [3.8, 4) is 5.69 Å². The summed E-state index contributed by atoms with van der Waals surface area (Å²) in [4.78, 5) is 0. The highest BCUT2D eigenvalue weighted by atomic mass is 35.5. The lowest BCUT2D eigenvalue weighted by atomic mass is 10.2. The summed E-state index contributed by atoms with van der Waals surface area (Å²) in [6.07, 6.45) is 4.54. The van der Waals surface area contributed by atoms with Crippen molar-refractivity contribution in [3.05, 3.63) is 46.7 Å². The van der Waals surface area contributed by atoms with Crippen molar-refractivity contribution in [2.24, 2.45) is 0 Å². The Balaban J connectivity index is 1.78. The molecule has 0 unspecified atom stereocenters. The van der Waals surface area contributed by atoms with Gasteiger partial charge in [0.2, 0.25) is 0 Å². The average Bonchev–Trinajstić information content (AvgIpc) is 3.15. The van der Waals surface area contributed by atoms with Gasteiger partial charge in [0.25, 0.3) is 0 Å². The summed E-state index contributed by atoms with van der Waals surface area (Å²) in [6.45, 7) is 5.11. The van der Waals surface area contributed by atoms with Crippen LogP contribution in [0.25, 0.3) is 5.69 Å². The zero-order chi connectivity index (χ0) is 14.1. The SMILES string of the molecule is CC(C)NCc1ccc(-n2ccc(C3CC3)n2)c(Cl)c1. The van der Waals surface area contributed by atoms with Crippen molar-refractivity contribution < 1.29 is 0 Å². The molecule has 0 atom stereocenters. The summed E-state index contributed by atoms with van der Waals surface area (Å²) in [7, 11) is 0. The molecule has 2 aromatic rings. The lowest BCUT2D eigenvalue weighted by Crippen LogP contribution is -2.21. The van der Waals surface area contributed by atoms with Crippen LogP contribution in [0.15, 0.2) is 30.5 Å². The molecule has 3 nitrogen and oxygen atoms in total.